The molecule has 3 rings (SSSR count). The van der Waals surface area contributed by atoms with Gasteiger partial charge >= 0.3 is 0 Å². The lowest BCUT2D eigenvalue weighted by atomic mass is 10.2. The summed E-state index contributed by atoms with van der Waals surface area (Å²) in [5.74, 6) is -0.703. The Kier molecular flexibility index (Phi) is 3.55. The lowest BCUT2D eigenvalue weighted by Crippen LogP contribution is -2.33. The second-order valence-electron chi connectivity index (χ2n) is 5.06. The molecule has 3 N–H and O–H groups in total. The van der Waals surface area contributed by atoms with Crippen LogP contribution in [0.3, 0.4) is 0 Å². The molecule has 0 bridgehead atoms. The molecule has 0 saturated heterocycles. The highest BCUT2D eigenvalue weighted by molar-refractivity contribution is 6.31. The predicted molar refractivity (Wildman–Crippen MR) is 77.3 cm³/mol. The highest BCUT2D eigenvalue weighted by atomic mass is 35.5. The van der Waals surface area contributed by atoms with E-state index in [-0.39, 0.29) is 29.9 Å². The number of halogens is 2. The third kappa shape index (κ3) is 2.71. The summed E-state index contributed by atoms with van der Waals surface area (Å²) in [6.07, 6.45) is 3.17. The van der Waals surface area contributed by atoms with Crippen LogP contribution < -0.4 is 5.73 Å². The quantitative estimate of drug-likeness (QED) is 0.911. The van der Waals surface area contributed by atoms with Gasteiger partial charge in [0.25, 0.3) is 5.91 Å². The van der Waals surface area contributed by atoms with Crippen LogP contribution in [-0.2, 0) is 6.54 Å². The van der Waals surface area contributed by atoms with Gasteiger partial charge in [0.2, 0.25) is 0 Å². The molecule has 1 aromatic heterocycles. The van der Waals surface area contributed by atoms with E-state index in [1.165, 1.54) is 18.3 Å². The molecule has 1 aliphatic rings. The standard InChI is InChI=1S/C14H14ClFN4O/c15-10-2-1-3-11(16)9(10)7-20(8-4-5-8)14(21)13-12(17)6-18-19-13/h1-3,6,8H,4-5,7,17H2,(H,18,19). The van der Waals surface area contributed by atoms with E-state index < -0.39 is 5.82 Å². The van der Waals surface area contributed by atoms with Crippen molar-refractivity contribution in [3.8, 4) is 0 Å². The van der Waals surface area contributed by atoms with Crippen molar-refractivity contribution in [1.29, 1.82) is 0 Å². The third-order valence-corrected chi connectivity index (χ3v) is 3.88. The zero-order chi connectivity index (χ0) is 15.0. The number of nitrogens with zero attached hydrogens (tertiary/aromatic N) is 2. The lowest BCUT2D eigenvalue weighted by molar-refractivity contribution is 0.0723. The number of benzene rings is 1. The number of carbonyl (C=O) groups is 1. The SMILES string of the molecule is Nc1cn[nH]c1C(=O)N(Cc1c(F)cccc1Cl)C1CC1. The fourth-order valence-electron chi connectivity index (χ4n) is 2.22. The molecule has 110 valence electrons. The van der Waals surface area contributed by atoms with Crippen LogP contribution in [0, 0.1) is 5.82 Å². The molecule has 1 saturated carbocycles. The van der Waals surface area contributed by atoms with E-state index in [9.17, 15) is 9.18 Å². The van der Waals surface area contributed by atoms with E-state index in [0.717, 1.165) is 12.8 Å². The van der Waals surface area contributed by atoms with Crippen molar-refractivity contribution in [3.63, 3.8) is 0 Å². The molecule has 0 atom stereocenters. The molecule has 0 aliphatic heterocycles. The molecule has 1 amide bonds. The van der Waals surface area contributed by atoms with E-state index in [2.05, 4.69) is 10.2 Å². The Bertz CT molecular complexity index is 663. The summed E-state index contributed by atoms with van der Waals surface area (Å²) in [6, 6.07) is 4.58. The zero-order valence-corrected chi connectivity index (χ0v) is 11.9. The topological polar surface area (TPSA) is 75.0 Å². The lowest BCUT2D eigenvalue weighted by Gasteiger charge is -2.23. The number of amides is 1. The number of nitrogen functional groups attached to an aromatic ring is 1. The molecule has 21 heavy (non-hydrogen) atoms. The minimum Gasteiger partial charge on any atom is -0.396 e. The average Bonchev–Trinajstić information content (AvgIpc) is 3.19. The number of nitrogens with one attached hydrogen (secondary N) is 1. The minimum atomic E-state index is -0.418. The van der Waals surface area contributed by atoms with Gasteiger partial charge in [-0.2, -0.15) is 5.10 Å². The Hall–Kier alpha value is -2.08. The van der Waals surface area contributed by atoms with Gasteiger partial charge in [-0.1, -0.05) is 17.7 Å². The molecule has 1 heterocycles. The molecule has 0 unspecified atom stereocenters. The van der Waals surface area contributed by atoms with Gasteiger partial charge in [-0.15, -0.1) is 0 Å². The highest BCUT2D eigenvalue weighted by Gasteiger charge is 2.35. The second-order valence-corrected chi connectivity index (χ2v) is 5.47. The van der Waals surface area contributed by atoms with Gasteiger partial charge < -0.3 is 10.6 Å². The van der Waals surface area contributed by atoms with E-state index in [0.29, 0.717) is 10.6 Å². The van der Waals surface area contributed by atoms with Crippen LogP contribution in [0.1, 0.15) is 28.9 Å². The van der Waals surface area contributed by atoms with Gasteiger partial charge in [0.15, 0.2) is 0 Å². The van der Waals surface area contributed by atoms with Crippen molar-refractivity contribution in [2.24, 2.45) is 0 Å². The number of aromatic amines is 1. The maximum Gasteiger partial charge on any atom is 0.274 e. The molecule has 5 nitrogen and oxygen atoms in total. The number of aromatic nitrogens is 2. The molecule has 1 aliphatic carbocycles. The second kappa shape index (κ2) is 5.37. The van der Waals surface area contributed by atoms with Crippen molar-refractivity contribution >= 4 is 23.2 Å². The number of hydrogen-bond acceptors (Lipinski definition) is 3. The average molecular weight is 309 g/mol. The van der Waals surface area contributed by atoms with Crippen LogP contribution >= 0.6 is 11.6 Å². The van der Waals surface area contributed by atoms with Gasteiger partial charge in [0, 0.05) is 16.6 Å². The van der Waals surface area contributed by atoms with Crippen LogP contribution in [0.15, 0.2) is 24.4 Å². The van der Waals surface area contributed by atoms with E-state index in [1.54, 1.807) is 11.0 Å². The molecule has 1 aromatic carbocycles. The number of anilines is 1. The van der Waals surface area contributed by atoms with Crippen LogP contribution in [0.25, 0.3) is 0 Å². The minimum absolute atomic E-state index is 0.0934. The molecule has 0 radical (unpaired) electrons. The number of hydrogen-bond donors (Lipinski definition) is 2. The summed E-state index contributed by atoms with van der Waals surface area (Å²) in [5.41, 5.74) is 6.54. The van der Waals surface area contributed by atoms with Crippen LogP contribution in [-0.4, -0.2) is 27.0 Å². The normalized spacial score (nSPS) is 14.2. The summed E-state index contributed by atoms with van der Waals surface area (Å²) in [5, 5.41) is 6.65. The Morgan fingerprint density at radius 3 is 2.86 bits per heavy atom. The number of rotatable bonds is 4. The maximum absolute atomic E-state index is 13.9. The van der Waals surface area contributed by atoms with Crippen LogP contribution in [0.5, 0.6) is 0 Å². The monoisotopic (exact) mass is 308 g/mol. The summed E-state index contributed by atoms with van der Waals surface area (Å²) >= 11 is 6.04. The maximum atomic E-state index is 13.9. The first-order valence-corrected chi connectivity index (χ1v) is 6.98. The first kappa shape index (κ1) is 13.9. The number of nitrogens with two attached hydrogens (primary N) is 1. The fourth-order valence-corrected chi connectivity index (χ4v) is 2.44. The first-order valence-electron chi connectivity index (χ1n) is 6.60. The zero-order valence-electron chi connectivity index (χ0n) is 11.1. The van der Waals surface area contributed by atoms with Crippen molar-refractivity contribution in [3.05, 3.63) is 46.5 Å². The van der Waals surface area contributed by atoms with Gasteiger partial charge in [0.05, 0.1) is 18.4 Å². The van der Waals surface area contributed by atoms with Gasteiger partial charge in [-0.25, -0.2) is 4.39 Å². The van der Waals surface area contributed by atoms with E-state index >= 15 is 0 Å². The Balaban J connectivity index is 1.89. The van der Waals surface area contributed by atoms with Crippen LogP contribution in [0.4, 0.5) is 10.1 Å². The van der Waals surface area contributed by atoms with Gasteiger partial charge in [-0.3, -0.25) is 9.89 Å². The summed E-state index contributed by atoms with van der Waals surface area (Å²) < 4.78 is 13.9. The van der Waals surface area contributed by atoms with Crippen molar-refractivity contribution in [1.82, 2.24) is 15.1 Å². The predicted octanol–water partition coefficient (Wildman–Crippen LogP) is 2.59. The van der Waals surface area contributed by atoms with Crippen LogP contribution in [0.2, 0.25) is 5.02 Å². The highest BCUT2D eigenvalue weighted by Crippen LogP contribution is 2.32. The van der Waals surface area contributed by atoms with E-state index in [1.807, 2.05) is 0 Å². The summed E-state index contributed by atoms with van der Waals surface area (Å²) in [7, 11) is 0. The molecule has 1 fully saturated rings. The Labute approximate surface area is 125 Å². The van der Waals surface area contributed by atoms with Crippen molar-refractivity contribution in [2.45, 2.75) is 25.4 Å². The van der Waals surface area contributed by atoms with Crippen molar-refractivity contribution < 1.29 is 9.18 Å². The molecule has 7 heteroatoms. The number of H-pyrrole nitrogens is 1. The molecule has 0 spiro atoms. The fraction of sp³-hybridized carbons (Fsp3) is 0.286. The molecule has 2 aromatic rings. The first-order chi connectivity index (χ1) is 10.1. The van der Waals surface area contributed by atoms with Crippen molar-refractivity contribution in [2.75, 3.05) is 5.73 Å². The Morgan fingerprint density at radius 1 is 1.52 bits per heavy atom. The Morgan fingerprint density at radius 2 is 2.29 bits per heavy atom. The van der Waals surface area contributed by atoms with Gasteiger partial charge in [-0.05, 0) is 25.0 Å². The third-order valence-electron chi connectivity index (χ3n) is 3.52. The summed E-state index contributed by atoms with van der Waals surface area (Å²) in [6.45, 7) is 0.119. The van der Waals surface area contributed by atoms with Gasteiger partial charge in [0.1, 0.15) is 11.5 Å². The molecular weight excluding hydrogens is 295 g/mol. The largest absolute Gasteiger partial charge is 0.396 e. The number of carbonyl (C=O) groups excluding carboxylic acids is 1. The van der Waals surface area contributed by atoms with E-state index in [4.69, 9.17) is 17.3 Å². The smallest absolute Gasteiger partial charge is 0.274 e. The molecular formula is C14H14ClFN4O. The summed E-state index contributed by atoms with van der Waals surface area (Å²) in [4.78, 5) is 14.1.